The number of hydrogen-bond donors (Lipinski definition) is 1. The van der Waals surface area contributed by atoms with E-state index in [1.165, 1.54) is 16.4 Å². The van der Waals surface area contributed by atoms with Crippen molar-refractivity contribution in [2.75, 3.05) is 26.2 Å². The fraction of sp³-hybridized carbons (Fsp3) is 0.667. The van der Waals surface area contributed by atoms with E-state index in [9.17, 15) is 8.42 Å². The molecule has 2 aliphatic heterocycles. The van der Waals surface area contributed by atoms with Crippen molar-refractivity contribution in [3.05, 3.63) is 17.9 Å². The van der Waals surface area contributed by atoms with E-state index in [1.54, 1.807) is 0 Å². The topological polar surface area (TPSA) is 74.0 Å². The highest BCUT2D eigenvalue weighted by Gasteiger charge is 2.37. The standard InChI is InChI=1S/C12H18N2O4S/c15-9-11-3-4-12(18-11)19(16,17)14-7-6-13-5-1-2-10(13)8-14/h3-4,10,15H,1-2,5-9H2. The highest BCUT2D eigenvalue weighted by Crippen LogP contribution is 2.26. The van der Waals surface area contributed by atoms with Crippen molar-refractivity contribution in [3.8, 4) is 0 Å². The van der Waals surface area contributed by atoms with Gasteiger partial charge in [-0.1, -0.05) is 0 Å². The maximum Gasteiger partial charge on any atom is 0.276 e. The van der Waals surface area contributed by atoms with Crippen LogP contribution in [0.5, 0.6) is 0 Å². The largest absolute Gasteiger partial charge is 0.446 e. The van der Waals surface area contributed by atoms with Crippen LogP contribution in [0.4, 0.5) is 0 Å². The van der Waals surface area contributed by atoms with E-state index in [-0.39, 0.29) is 17.5 Å². The lowest BCUT2D eigenvalue weighted by atomic mass is 10.2. The molecule has 1 aromatic heterocycles. The van der Waals surface area contributed by atoms with Gasteiger partial charge in [-0.3, -0.25) is 4.90 Å². The Hall–Kier alpha value is -0.890. The molecule has 0 aliphatic carbocycles. The van der Waals surface area contributed by atoms with Crippen molar-refractivity contribution in [1.82, 2.24) is 9.21 Å². The van der Waals surface area contributed by atoms with Crippen LogP contribution in [-0.2, 0) is 16.6 Å². The van der Waals surface area contributed by atoms with Gasteiger partial charge in [-0.25, -0.2) is 8.42 Å². The molecule has 106 valence electrons. The number of fused-ring (bicyclic) bond motifs is 1. The first kappa shape index (κ1) is 13.1. The van der Waals surface area contributed by atoms with Crippen molar-refractivity contribution < 1.29 is 17.9 Å². The summed E-state index contributed by atoms with van der Waals surface area (Å²) in [7, 11) is -3.56. The van der Waals surface area contributed by atoms with Gasteiger partial charge in [-0.05, 0) is 31.5 Å². The van der Waals surface area contributed by atoms with Gasteiger partial charge in [-0.15, -0.1) is 0 Å². The Morgan fingerprint density at radius 1 is 1.32 bits per heavy atom. The van der Waals surface area contributed by atoms with Gasteiger partial charge < -0.3 is 9.52 Å². The normalized spacial score (nSPS) is 25.6. The third-order valence-corrected chi connectivity index (χ3v) is 5.68. The Balaban J connectivity index is 1.80. The molecular weight excluding hydrogens is 268 g/mol. The number of rotatable bonds is 3. The van der Waals surface area contributed by atoms with Gasteiger partial charge in [0.05, 0.1) is 0 Å². The molecule has 7 heteroatoms. The smallest absolute Gasteiger partial charge is 0.276 e. The third-order valence-electron chi connectivity index (χ3n) is 3.94. The van der Waals surface area contributed by atoms with E-state index >= 15 is 0 Å². The molecule has 6 nitrogen and oxygen atoms in total. The Labute approximate surface area is 112 Å². The zero-order chi connectivity index (χ0) is 13.5. The minimum atomic E-state index is -3.56. The molecule has 3 heterocycles. The highest BCUT2D eigenvalue weighted by atomic mass is 32.2. The average molecular weight is 286 g/mol. The molecule has 1 atom stereocenters. The number of hydrogen-bond acceptors (Lipinski definition) is 5. The van der Waals surface area contributed by atoms with E-state index in [1.807, 2.05) is 0 Å². The SMILES string of the molecule is O=S(=O)(c1ccc(CO)o1)N1CCN2CCCC2C1. The summed E-state index contributed by atoms with van der Waals surface area (Å²) in [6.07, 6.45) is 2.21. The van der Waals surface area contributed by atoms with Crippen LogP contribution in [0.15, 0.2) is 21.6 Å². The van der Waals surface area contributed by atoms with Crippen molar-refractivity contribution in [1.29, 1.82) is 0 Å². The van der Waals surface area contributed by atoms with Gasteiger partial charge in [0, 0.05) is 25.7 Å². The summed E-state index contributed by atoms with van der Waals surface area (Å²) in [5.74, 6) is 0.276. The number of furan rings is 1. The van der Waals surface area contributed by atoms with Crippen LogP contribution in [0.2, 0.25) is 0 Å². The first-order chi connectivity index (χ1) is 9.11. The van der Waals surface area contributed by atoms with Crippen LogP contribution in [0.1, 0.15) is 18.6 Å². The molecule has 0 amide bonds. The van der Waals surface area contributed by atoms with E-state index in [0.29, 0.717) is 19.1 Å². The van der Waals surface area contributed by atoms with Crippen molar-refractivity contribution >= 4 is 10.0 Å². The predicted molar refractivity (Wildman–Crippen MR) is 68.0 cm³/mol. The number of aliphatic hydroxyl groups excluding tert-OH is 1. The lowest BCUT2D eigenvalue weighted by molar-refractivity contribution is 0.156. The van der Waals surface area contributed by atoms with Crippen LogP contribution in [0, 0.1) is 0 Å². The van der Waals surface area contributed by atoms with Crippen molar-refractivity contribution in [2.24, 2.45) is 0 Å². The van der Waals surface area contributed by atoms with Crippen LogP contribution in [-0.4, -0.2) is 55.0 Å². The molecule has 1 N–H and O–H groups in total. The number of sulfonamides is 1. The third kappa shape index (κ3) is 2.31. The molecule has 0 saturated carbocycles. The van der Waals surface area contributed by atoms with Gasteiger partial charge >= 0.3 is 0 Å². The molecule has 0 bridgehead atoms. The molecule has 1 aromatic rings. The van der Waals surface area contributed by atoms with Crippen molar-refractivity contribution in [2.45, 2.75) is 30.6 Å². The zero-order valence-corrected chi connectivity index (χ0v) is 11.5. The Bertz CT molecular complexity index is 554. The molecule has 2 fully saturated rings. The second-order valence-corrected chi connectivity index (χ2v) is 6.94. The summed E-state index contributed by atoms with van der Waals surface area (Å²) in [6, 6.07) is 3.26. The lowest BCUT2D eigenvalue weighted by Crippen LogP contribution is -2.51. The average Bonchev–Trinajstić information content (AvgIpc) is 3.06. The molecule has 0 radical (unpaired) electrons. The van der Waals surface area contributed by atoms with Gasteiger partial charge in [0.2, 0.25) is 5.09 Å². The summed E-state index contributed by atoms with van der Waals surface area (Å²) in [6.45, 7) is 2.63. The van der Waals surface area contributed by atoms with E-state index < -0.39 is 10.0 Å². The first-order valence-corrected chi connectivity index (χ1v) is 7.99. The zero-order valence-electron chi connectivity index (χ0n) is 10.7. The minimum absolute atomic E-state index is 0.0667. The second kappa shape index (κ2) is 4.90. The van der Waals surface area contributed by atoms with Crippen molar-refractivity contribution in [3.63, 3.8) is 0 Å². The highest BCUT2D eigenvalue weighted by molar-refractivity contribution is 7.89. The van der Waals surface area contributed by atoms with Gasteiger partial charge in [0.1, 0.15) is 12.4 Å². The van der Waals surface area contributed by atoms with E-state index in [4.69, 9.17) is 9.52 Å². The molecule has 0 aromatic carbocycles. The number of piperazine rings is 1. The summed E-state index contributed by atoms with van der Waals surface area (Å²) >= 11 is 0. The molecule has 2 aliphatic rings. The molecule has 2 saturated heterocycles. The fourth-order valence-electron chi connectivity index (χ4n) is 2.89. The molecular formula is C12H18N2O4S. The fourth-order valence-corrected chi connectivity index (χ4v) is 4.29. The lowest BCUT2D eigenvalue weighted by Gasteiger charge is -2.36. The second-order valence-electron chi connectivity index (χ2n) is 5.07. The first-order valence-electron chi connectivity index (χ1n) is 6.55. The molecule has 3 rings (SSSR count). The van der Waals surface area contributed by atoms with Gasteiger partial charge in [0.25, 0.3) is 10.0 Å². The summed E-state index contributed by atoms with van der Waals surface area (Å²) in [5, 5.41) is 8.87. The monoisotopic (exact) mass is 286 g/mol. The number of aliphatic hydroxyl groups is 1. The van der Waals surface area contributed by atoms with Crippen LogP contribution < -0.4 is 0 Å². The molecule has 0 spiro atoms. The molecule has 19 heavy (non-hydrogen) atoms. The summed E-state index contributed by atoms with van der Waals surface area (Å²) < 4.78 is 31.5. The van der Waals surface area contributed by atoms with E-state index in [0.717, 1.165) is 25.9 Å². The maximum atomic E-state index is 12.4. The van der Waals surface area contributed by atoms with Gasteiger partial charge in [0.15, 0.2) is 0 Å². The Morgan fingerprint density at radius 2 is 2.16 bits per heavy atom. The molecule has 1 unspecified atom stereocenters. The van der Waals surface area contributed by atoms with Crippen LogP contribution in [0.3, 0.4) is 0 Å². The Kier molecular flexibility index (Phi) is 3.38. The minimum Gasteiger partial charge on any atom is -0.446 e. The predicted octanol–water partition coefficient (Wildman–Crippen LogP) is 0.241. The number of nitrogens with zero attached hydrogens (tertiary/aromatic N) is 2. The van der Waals surface area contributed by atoms with E-state index in [2.05, 4.69) is 4.90 Å². The maximum absolute atomic E-state index is 12.4. The van der Waals surface area contributed by atoms with Crippen LogP contribution >= 0.6 is 0 Å². The Morgan fingerprint density at radius 3 is 2.89 bits per heavy atom. The summed E-state index contributed by atoms with van der Waals surface area (Å²) in [5.41, 5.74) is 0. The van der Waals surface area contributed by atoms with Crippen LogP contribution in [0.25, 0.3) is 0 Å². The quantitative estimate of drug-likeness (QED) is 0.861. The van der Waals surface area contributed by atoms with Gasteiger partial charge in [-0.2, -0.15) is 4.31 Å². The summed E-state index contributed by atoms with van der Waals surface area (Å²) in [4.78, 5) is 2.35.